The summed E-state index contributed by atoms with van der Waals surface area (Å²) in [5.74, 6) is -0.183. The van der Waals surface area contributed by atoms with Crippen LogP contribution in [0, 0.1) is 19.7 Å². The number of aryl methyl sites for hydroxylation is 2. The van der Waals surface area contributed by atoms with Gasteiger partial charge < -0.3 is 5.32 Å². The van der Waals surface area contributed by atoms with Crippen LogP contribution in [0.3, 0.4) is 0 Å². The monoisotopic (exact) mass is 349 g/mol. The molecule has 0 amide bonds. The van der Waals surface area contributed by atoms with E-state index in [4.69, 9.17) is 0 Å². The molecule has 0 saturated carbocycles. The molecule has 0 radical (unpaired) electrons. The third-order valence-corrected chi connectivity index (χ3v) is 4.16. The fourth-order valence-electron chi connectivity index (χ4n) is 2.64. The zero-order chi connectivity index (χ0) is 15.4. The van der Waals surface area contributed by atoms with Crippen LogP contribution in [0.4, 0.5) is 4.39 Å². The zero-order valence-electron chi connectivity index (χ0n) is 12.7. The van der Waals surface area contributed by atoms with E-state index in [0.717, 1.165) is 23.0 Å². The van der Waals surface area contributed by atoms with Crippen molar-refractivity contribution in [2.45, 2.75) is 33.2 Å². The average molecular weight is 350 g/mol. The Hall–Kier alpha value is -1.19. The van der Waals surface area contributed by atoms with Crippen molar-refractivity contribution < 1.29 is 4.39 Å². The number of nitrogens with one attached hydrogen (secondary N) is 1. The molecule has 0 aliphatic heterocycles. The van der Waals surface area contributed by atoms with Crippen molar-refractivity contribution in [1.82, 2.24) is 5.32 Å². The molecular formula is C18H21BrFN. The van der Waals surface area contributed by atoms with Crippen LogP contribution in [0.25, 0.3) is 0 Å². The van der Waals surface area contributed by atoms with Crippen molar-refractivity contribution in [3.8, 4) is 0 Å². The first-order valence-electron chi connectivity index (χ1n) is 7.28. The maximum absolute atomic E-state index is 14.3. The Balaban J connectivity index is 2.52. The molecule has 1 nitrogen and oxygen atoms in total. The third-order valence-electron chi connectivity index (χ3n) is 3.46. The fourth-order valence-corrected chi connectivity index (χ4v) is 3.21. The molecule has 2 aromatic rings. The van der Waals surface area contributed by atoms with E-state index in [1.54, 1.807) is 6.07 Å². The minimum Gasteiger partial charge on any atom is -0.306 e. The molecule has 0 aliphatic rings. The highest BCUT2D eigenvalue weighted by Gasteiger charge is 2.20. The Morgan fingerprint density at radius 3 is 2.38 bits per heavy atom. The van der Waals surface area contributed by atoms with Crippen molar-refractivity contribution in [3.63, 3.8) is 0 Å². The van der Waals surface area contributed by atoms with E-state index in [-0.39, 0.29) is 11.9 Å². The van der Waals surface area contributed by atoms with Crippen molar-refractivity contribution in [1.29, 1.82) is 0 Å². The normalized spacial score (nSPS) is 12.4. The van der Waals surface area contributed by atoms with Gasteiger partial charge in [-0.2, -0.15) is 0 Å². The lowest BCUT2D eigenvalue weighted by molar-refractivity contribution is 0.544. The first kappa shape index (κ1) is 16.2. The minimum absolute atomic E-state index is 0.140. The third kappa shape index (κ3) is 3.92. The molecule has 0 aromatic heterocycles. The zero-order valence-corrected chi connectivity index (χ0v) is 14.3. The minimum atomic E-state index is -0.183. The standard InChI is InChI=1S/C18H21BrFN/c1-4-8-21-18(14-10-12(2)9-13(3)11-14)17-15(19)6-5-7-16(17)20/h5-7,9-11,18,21H,4,8H2,1-3H3. The second-order valence-electron chi connectivity index (χ2n) is 5.44. The van der Waals surface area contributed by atoms with E-state index >= 15 is 0 Å². The SMILES string of the molecule is CCCNC(c1cc(C)cc(C)c1)c1c(F)cccc1Br. The maximum atomic E-state index is 14.3. The lowest BCUT2D eigenvalue weighted by Gasteiger charge is -2.22. The van der Waals surface area contributed by atoms with Crippen LogP contribution in [0.15, 0.2) is 40.9 Å². The largest absolute Gasteiger partial charge is 0.306 e. The Labute approximate surface area is 134 Å². The van der Waals surface area contributed by atoms with Crippen LogP contribution >= 0.6 is 15.9 Å². The molecule has 1 atom stereocenters. The summed E-state index contributed by atoms with van der Waals surface area (Å²) in [6.45, 7) is 7.11. The molecule has 0 bridgehead atoms. The van der Waals surface area contributed by atoms with Gasteiger partial charge in [0.15, 0.2) is 0 Å². The topological polar surface area (TPSA) is 12.0 Å². The van der Waals surface area contributed by atoms with Gasteiger partial charge in [0.1, 0.15) is 5.82 Å². The van der Waals surface area contributed by atoms with E-state index in [1.807, 2.05) is 6.07 Å². The van der Waals surface area contributed by atoms with Crippen molar-refractivity contribution in [2.24, 2.45) is 0 Å². The molecule has 0 fully saturated rings. The molecule has 0 spiro atoms. The summed E-state index contributed by atoms with van der Waals surface area (Å²) >= 11 is 3.49. The second kappa shape index (κ2) is 7.19. The van der Waals surface area contributed by atoms with E-state index in [9.17, 15) is 4.39 Å². The first-order chi connectivity index (χ1) is 10.0. The van der Waals surface area contributed by atoms with Gasteiger partial charge in [-0.3, -0.25) is 0 Å². The van der Waals surface area contributed by atoms with Crippen LogP contribution in [0.1, 0.15) is 41.6 Å². The summed E-state index contributed by atoms with van der Waals surface area (Å²) in [7, 11) is 0. The van der Waals surface area contributed by atoms with Crippen LogP contribution < -0.4 is 5.32 Å². The highest BCUT2D eigenvalue weighted by atomic mass is 79.9. The summed E-state index contributed by atoms with van der Waals surface area (Å²) < 4.78 is 15.1. The number of rotatable bonds is 5. The Bertz CT molecular complexity index is 584. The van der Waals surface area contributed by atoms with Crippen LogP contribution in [0.2, 0.25) is 0 Å². The predicted molar refractivity (Wildman–Crippen MR) is 90.2 cm³/mol. The van der Waals surface area contributed by atoms with E-state index in [0.29, 0.717) is 5.56 Å². The average Bonchev–Trinajstić information content (AvgIpc) is 2.41. The van der Waals surface area contributed by atoms with Gasteiger partial charge in [-0.1, -0.05) is 58.2 Å². The lowest BCUT2D eigenvalue weighted by atomic mass is 9.95. The van der Waals surface area contributed by atoms with Gasteiger partial charge in [0.05, 0.1) is 6.04 Å². The van der Waals surface area contributed by atoms with Gasteiger partial charge in [0.25, 0.3) is 0 Å². The van der Waals surface area contributed by atoms with E-state index in [2.05, 4.69) is 60.2 Å². The summed E-state index contributed by atoms with van der Waals surface area (Å²) in [6, 6.07) is 11.4. The van der Waals surface area contributed by atoms with Crippen molar-refractivity contribution in [2.75, 3.05) is 6.54 Å². The van der Waals surface area contributed by atoms with Gasteiger partial charge in [0, 0.05) is 10.0 Å². The molecule has 3 heteroatoms. The highest BCUT2D eigenvalue weighted by molar-refractivity contribution is 9.10. The number of hydrogen-bond donors (Lipinski definition) is 1. The molecule has 0 heterocycles. The van der Waals surface area contributed by atoms with Crippen LogP contribution in [-0.2, 0) is 0 Å². The number of benzene rings is 2. The van der Waals surface area contributed by atoms with E-state index < -0.39 is 0 Å². The second-order valence-corrected chi connectivity index (χ2v) is 6.30. The number of halogens is 2. The molecular weight excluding hydrogens is 329 g/mol. The van der Waals surface area contributed by atoms with Gasteiger partial charge in [0.2, 0.25) is 0 Å². The predicted octanol–water partition coefficient (Wildman–Crippen LogP) is 5.29. The molecule has 0 saturated heterocycles. The Morgan fingerprint density at radius 2 is 1.81 bits per heavy atom. The summed E-state index contributed by atoms with van der Waals surface area (Å²) in [5, 5.41) is 3.47. The smallest absolute Gasteiger partial charge is 0.129 e. The number of hydrogen-bond acceptors (Lipinski definition) is 1. The molecule has 112 valence electrons. The fraction of sp³-hybridized carbons (Fsp3) is 0.333. The lowest BCUT2D eigenvalue weighted by Crippen LogP contribution is -2.24. The quantitative estimate of drug-likeness (QED) is 0.772. The first-order valence-corrected chi connectivity index (χ1v) is 8.07. The van der Waals surface area contributed by atoms with Crippen LogP contribution in [0.5, 0.6) is 0 Å². The summed E-state index contributed by atoms with van der Waals surface area (Å²) in [6.07, 6.45) is 1.01. The van der Waals surface area contributed by atoms with E-state index in [1.165, 1.54) is 17.2 Å². The molecule has 1 N–H and O–H groups in total. The Morgan fingerprint density at radius 1 is 1.14 bits per heavy atom. The van der Waals surface area contributed by atoms with Crippen molar-refractivity contribution in [3.05, 3.63) is 68.9 Å². The van der Waals surface area contributed by atoms with Gasteiger partial charge in [-0.05, 0) is 44.5 Å². The maximum Gasteiger partial charge on any atom is 0.129 e. The molecule has 1 unspecified atom stereocenters. The van der Waals surface area contributed by atoms with Gasteiger partial charge in [-0.25, -0.2) is 4.39 Å². The van der Waals surface area contributed by atoms with Gasteiger partial charge >= 0.3 is 0 Å². The van der Waals surface area contributed by atoms with Crippen molar-refractivity contribution >= 4 is 15.9 Å². The van der Waals surface area contributed by atoms with Crippen LogP contribution in [-0.4, -0.2) is 6.54 Å². The summed E-state index contributed by atoms with van der Waals surface area (Å²) in [4.78, 5) is 0. The molecule has 2 rings (SSSR count). The molecule has 0 aliphatic carbocycles. The van der Waals surface area contributed by atoms with Gasteiger partial charge in [-0.15, -0.1) is 0 Å². The Kier molecular flexibility index (Phi) is 5.54. The summed E-state index contributed by atoms with van der Waals surface area (Å²) in [5.41, 5.74) is 4.17. The molecule has 21 heavy (non-hydrogen) atoms. The highest BCUT2D eigenvalue weighted by Crippen LogP contribution is 2.31. The molecule has 2 aromatic carbocycles.